The third kappa shape index (κ3) is 4.94. The SMILES string of the molecule is Cc1cc(C)c(NC(=O)CN[C@@H](C)c2cc(F)c(Cl)cc2Cl)c(C)c1. The summed E-state index contributed by atoms with van der Waals surface area (Å²) in [6.45, 7) is 7.83. The van der Waals surface area contributed by atoms with E-state index < -0.39 is 5.82 Å². The molecule has 2 rings (SSSR count). The highest BCUT2D eigenvalue weighted by atomic mass is 35.5. The molecule has 0 fully saturated rings. The Morgan fingerprint density at radius 3 is 2.28 bits per heavy atom. The molecular weight excluding hydrogens is 362 g/mol. The molecule has 0 aromatic heterocycles. The molecule has 25 heavy (non-hydrogen) atoms. The van der Waals surface area contributed by atoms with Gasteiger partial charge in [-0.1, -0.05) is 40.9 Å². The number of amides is 1. The number of carbonyl (C=O) groups is 1. The third-order valence-electron chi connectivity index (χ3n) is 4.02. The Hall–Kier alpha value is -1.62. The van der Waals surface area contributed by atoms with Gasteiger partial charge in [-0.3, -0.25) is 4.79 Å². The van der Waals surface area contributed by atoms with Gasteiger partial charge in [0, 0.05) is 16.8 Å². The highest BCUT2D eigenvalue weighted by molar-refractivity contribution is 6.35. The van der Waals surface area contributed by atoms with Crippen molar-refractivity contribution in [3.63, 3.8) is 0 Å². The highest BCUT2D eigenvalue weighted by Crippen LogP contribution is 2.28. The van der Waals surface area contributed by atoms with Crippen LogP contribution < -0.4 is 10.6 Å². The first-order valence-electron chi connectivity index (χ1n) is 7.94. The average Bonchev–Trinajstić information content (AvgIpc) is 2.52. The maximum Gasteiger partial charge on any atom is 0.238 e. The summed E-state index contributed by atoms with van der Waals surface area (Å²) in [7, 11) is 0. The van der Waals surface area contributed by atoms with Crippen LogP contribution in [0.1, 0.15) is 35.2 Å². The fraction of sp³-hybridized carbons (Fsp3) is 0.316. The Labute approximate surface area is 157 Å². The van der Waals surface area contributed by atoms with Crippen molar-refractivity contribution in [3.8, 4) is 0 Å². The van der Waals surface area contributed by atoms with E-state index >= 15 is 0 Å². The summed E-state index contributed by atoms with van der Waals surface area (Å²) >= 11 is 11.8. The van der Waals surface area contributed by atoms with Gasteiger partial charge in [-0.15, -0.1) is 0 Å². The van der Waals surface area contributed by atoms with Crippen molar-refractivity contribution < 1.29 is 9.18 Å². The second kappa shape index (κ2) is 8.17. The first-order chi connectivity index (χ1) is 11.7. The van der Waals surface area contributed by atoms with E-state index in [1.54, 1.807) is 0 Å². The predicted octanol–water partition coefficient (Wildman–Crippen LogP) is 5.35. The Kier molecular flexibility index (Phi) is 6.44. The molecule has 0 aliphatic carbocycles. The maximum absolute atomic E-state index is 13.6. The normalized spacial score (nSPS) is 12.1. The van der Waals surface area contributed by atoms with Crippen molar-refractivity contribution in [2.75, 3.05) is 11.9 Å². The second-order valence-electron chi connectivity index (χ2n) is 6.21. The van der Waals surface area contributed by atoms with Crippen molar-refractivity contribution >= 4 is 34.8 Å². The summed E-state index contributed by atoms with van der Waals surface area (Å²) in [4.78, 5) is 12.2. The summed E-state index contributed by atoms with van der Waals surface area (Å²) in [6, 6.07) is 6.40. The molecule has 2 aromatic carbocycles. The summed E-state index contributed by atoms with van der Waals surface area (Å²) in [5, 5.41) is 6.30. The molecule has 3 nitrogen and oxygen atoms in total. The van der Waals surface area contributed by atoms with Gasteiger partial charge in [0.2, 0.25) is 5.91 Å². The largest absolute Gasteiger partial charge is 0.324 e. The monoisotopic (exact) mass is 382 g/mol. The van der Waals surface area contributed by atoms with E-state index in [1.807, 2.05) is 39.8 Å². The number of halogens is 3. The van der Waals surface area contributed by atoms with Crippen molar-refractivity contribution in [1.29, 1.82) is 0 Å². The van der Waals surface area contributed by atoms with Crippen molar-refractivity contribution in [2.45, 2.75) is 33.7 Å². The highest BCUT2D eigenvalue weighted by Gasteiger charge is 2.15. The topological polar surface area (TPSA) is 41.1 Å². The lowest BCUT2D eigenvalue weighted by Crippen LogP contribution is -2.30. The molecule has 0 spiro atoms. The number of aryl methyl sites for hydroxylation is 3. The van der Waals surface area contributed by atoms with E-state index in [1.165, 1.54) is 12.1 Å². The Bertz CT molecular complexity index is 785. The fourth-order valence-electron chi connectivity index (χ4n) is 2.79. The van der Waals surface area contributed by atoms with Crippen molar-refractivity contribution in [2.24, 2.45) is 0 Å². The van der Waals surface area contributed by atoms with Gasteiger partial charge in [0.1, 0.15) is 5.82 Å². The molecule has 0 bridgehead atoms. The lowest BCUT2D eigenvalue weighted by atomic mass is 10.1. The van der Waals surface area contributed by atoms with Crippen LogP contribution in [0.5, 0.6) is 0 Å². The minimum absolute atomic E-state index is 0.0241. The maximum atomic E-state index is 13.6. The zero-order valence-corrected chi connectivity index (χ0v) is 16.1. The molecule has 0 saturated heterocycles. The number of nitrogens with one attached hydrogen (secondary N) is 2. The number of rotatable bonds is 5. The van der Waals surface area contributed by atoms with Crippen LogP contribution >= 0.6 is 23.2 Å². The molecule has 0 radical (unpaired) electrons. The summed E-state index contributed by atoms with van der Waals surface area (Å²) in [5.74, 6) is -0.711. The molecule has 2 N–H and O–H groups in total. The minimum atomic E-state index is -0.537. The Balaban J connectivity index is 2.02. The van der Waals surface area contributed by atoms with Crippen LogP contribution in [0.2, 0.25) is 10.0 Å². The van der Waals surface area contributed by atoms with Gasteiger partial charge >= 0.3 is 0 Å². The first-order valence-corrected chi connectivity index (χ1v) is 8.70. The van der Waals surface area contributed by atoms with Gasteiger partial charge in [-0.2, -0.15) is 0 Å². The van der Waals surface area contributed by atoms with E-state index in [9.17, 15) is 9.18 Å². The summed E-state index contributed by atoms with van der Waals surface area (Å²) in [5.41, 5.74) is 4.56. The molecule has 0 aliphatic heterocycles. The smallest absolute Gasteiger partial charge is 0.238 e. The van der Waals surface area contributed by atoms with Crippen LogP contribution in [0, 0.1) is 26.6 Å². The zero-order valence-electron chi connectivity index (χ0n) is 14.6. The molecule has 0 unspecified atom stereocenters. The van der Waals surface area contributed by atoms with Crippen LogP contribution in [0.25, 0.3) is 0 Å². The summed E-state index contributed by atoms with van der Waals surface area (Å²) < 4.78 is 13.6. The van der Waals surface area contributed by atoms with Gasteiger partial charge in [-0.25, -0.2) is 4.39 Å². The molecule has 0 saturated carbocycles. The lowest BCUT2D eigenvalue weighted by Gasteiger charge is -2.17. The van der Waals surface area contributed by atoms with Crippen LogP contribution in [0.3, 0.4) is 0 Å². The standard InChI is InChI=1S/C19H21Cl2FN2O/c1-10-5-11(2)19(12(3)6-10)24-18(25)9-23-13(4)14-7-17(22)16(21)8-15(14)20/h5-8,13,23H,9H2,1-4H3,(H,24,25)/t13-/m0/s1. The van der Waals surface area contributed by atoms with E-state index in [0.29, 0.717) is 10.6 Å². The Morgan fingerprint density at radius 2 is 1.68 bits per heavy atom. The summed E-state index contributed by atoms with van der Waals surface area (Å²) in [6.07, 6.45) is 0. The number of anilines is 1. The number of hydrogen-bond acceptors (Lipinski definition) is 2. The molecule has 6 heteroatoms. The molecule has 134 valence electrons. The first kappa shape index (κ1) is 19.7. The van der Waals surface area contributed by atoms with Crippen molar-refractivity contribution in [3.05, 3.63) is 62.4 Å². The quantitative estimate of drug-likeness (QED) is 0.684. The van der Waals surface area contributed by atoms with E-state index in [-0.39, 0.29) is 23.5 Å². The molecule has 2 aromatic rings. The number of benzene rings is 2. The second-order valence-corrected chi connectivity index (χ2v) is 7.03. The van der Waals surface area contributed by atoms with Crippen LogP contribution in [0.4, 0.5) is 10.1 Å². The molecule has 0 heterocycles. The number of carbonyl (C=O) groups excluding carboxylic acids is 1. The van der Waals surface area contributed by atoms with Gasteiger partial charge in [0.05, 0.1) is 11.6 Å². The van der Waals surface area contributed by atoms with Crippen LogP contribution in [-0.4, -0.2) is 12.5 Å². The van der Waals surface area contributed by atoms with Crippen LogP contribution in [-0.2, 0) is 4.79 Å². The molecule has 1 amide bonds. The molecule has 1 atom stereocenters. The van der Waals surface area contributed by atoms with E-state index in [2.05, 4.69) is 10.6 Å². The van der Waals surface area contributed by atoms with E-state index in [4.69, 9.17) is 23.2 Å². The van der Waals surface area contributed by atoms with Gasteiger partial charge in [0.25, 0.3) is 0 Å². The van der Waals surface area contributed by atoms with E-state index in [0.717, 1.165) is 22.4 Å². The van der Waals surface area contributed by atoms with Gasteiger partial charge in [-0.05, 0) is 56.5 Å². The number of hydrogen-bond donors (Lipinski definition) is 2. The fourth-order valence-corrected chi connectivity index (χ4v) is 3.33. The zero-order chi connectivity index (χ0) is 18.7. The van der Waals surface area contributed by atoms with Gasteiger partial charge < -0.3 is 10.6 Å². The molecule has 0 aliphatic rings. The predicted molar refractivity (Wildman–Crippen MR) is 102 cm³/mol. The van der Waals surface area contributed by atoms with Gasteiger partial charge in [0.15, 0.2) is 0 Å². The van der Waals surface area contributed by atoms with Crippen molar-refractivity contribution in [1.82, 2.24) is 5.32 Å². The minimum Gasteiger partial charge on any atom is -0.324 e. The molecular formula is C19H21Cl2FN2O. The third-order valence-corrected chi connectivity index (χ3v) is 4.63. The Morgan fingerprint density at radius 1 is 1.08 bits per heavy atom. The van der Waals surface area contributed by atoms with Crippen LogP contribution in [0.15, 0.2) is 24.3 Å². The lowest BCUT2D eigenvalue weighted by molar-refractivity contribution is -0.115. The average molecular weight is 383 g/mol.